The van der Waals surface area contributed by atoms with Crippen LogP contribution < -0.4 is 5.32 Å². The van der Waals surface area contributed by atoms with Crippen LogP contribution >= 0.6 is 0 Å². The summed E-state index contributed by atoms with van der Waals surface area (Å²) in [6, 6.07) is 12.9. The van der Waals surface area contributed by atoms with E-state index in [2.05, 4.69) is 10.3 Å². The first-order valence-corrected chi connectivity index (χ1v) is 6.78. The van der Waals surface area contributed by atoms with Crippen molar-refractivity contribution in [3.8, 4) is 0 Å². The number of hydrogen-bond acceptors (Lipinski definition) is 3. The molecule has 0 unspecified atom stereocenters. The molecule has 22 heavy (non-hydrogen) atoms. The van der Waals surface area contributed by atoms with Crippen LogP contribution in [0.3, 0.4) is 0 Å². The first kappa shape index (κ1) is 14.2. The summed E-state index contributed by atoms with van der Waals surface area (Å²) in [5.74, 6) is -0.207. The molecule has 112 valence electrons. The average molecular weight is 299 g/mol. The zero-order chi connectivity index (χ0) is 15.5. The molecule has 0 saturated heterocycles. The molecular formula is C16H14FN3O2. The molecule has 0 aliphatic rings. The molecular weight excluding hydrogens is 285 g/mol. The number of carbonyl (C=O) groups excluding carboxylic acids is 1. The molecule has 1 aromatic heterocycles. The minimum Gasteiger partial charge on any atom is -0.388 e. The van der Waals surface area contributed by atoms with Crippen molar-refractivity contribution in [2.24, 2.45) is 0 Å². The highest BCUT2D eigenvalue weighted by atomic mass is 19.1. The van der Waals surface area contributed by atoms with Crippen LogP contribution in [0.1, 0.15) is 5.82 Å². The molecule has 0 radical (unpaired) electrons. The number of rotatable bonds is 4. The van der Waals surface area contributed by atoms with Gasteiger partial charge in [-0.2, -0.15) is 0 Å². The largest absolute Gasteiger partial charge is 0.388 e. The third-order valence-electron chi connectivity index (χ3n) is 3.30. The second kappa shape index (κ2) is 5.95. The Bertz CT molecular complexity index is 812. The minimum absolute atomic E-state index is 0.0216. The number of aliphatic hydroxyl groups excluding tert-OH is 1. The quantitative estimate of drug-likeness (QED) is 0.777. The van der Waals surface area contributed by atoms with E-state index in [4.69, 9.17) is 0 Å². The standard InChI is InChI=1S/C16H14FN3O2/c17-11-5-7-12(8-6-11)18-16(22)9-20-14-4-2-1-3-13(14)19-15(20)10-21/h1-8,21H,9-10H2,(H,18,22). The Kier molecular flexibility index (Phi) is 3.84. The van der Waals surface area contributed by atoms with Gasteiger partial charge in [-0.1, -0.05) is 12.1 Å². The predicted octanol–water partition coefficient (Wildman–Crippen LogP) is 2.31. The second-order valence-electron chi connectivity index (χ2n) is 4.82. The summed E-state index contributed by atoms with van der Waals surface area (Å²) in [7, 11) is 0. The number of amides is 1. The molecule has 0 fully saturated rings. The van der Waals surface area contributed by atoms with Gasteiger partial charge in [0.1, 0.15) is 24.8 Å². The van der Waals surface area contributed by atoms with Gasteiger partial charge in [0.05, 0.1) is 11.0 Å². The summed E-state index contributed by atoms with van der Waals surface area (Å²) in [4.78, 5) is 16.4. The fourth-order valence-electron chi connectivity index (χ4n) is 2.30. The van der Waals surface area contributed by atoms with Crippen molar-refractivity contribution in [3.63, 3.8) is 0 Å². The first-order chi connectivity index (χ1) is 10.7. The van der Waals surface area contributed by atoms with Crippen molar-refractivity contribution in [3.05, 3.63) is 60.2 Å². The van der Waals surface area contributed by atoms with Gasteiger partial charge in [0.15, 0.2) is 0 Å². The van der Waals surface area contributed by atoms with Gasteiger partial charge in [-0.25, -0.2) is 9.37 Å². The van der Waals surface area contributed by atoms with Gasteiger partial charge >= 0.3 is 0 Å². The van der Waals surface area contributed by atoms with E-state index in [1.54, 1.807) is 4.57 Å². The lowest BCUT2D eigenvalue weighted by Gasteiger charge is -2.09. The van der Waals surface area contributed by atoms with Gasteiger partial charge in [-0.15, -0.1) is 0 Å². The number of anilines is 1. The highest BCUT2D eigenvalue weighted by Gasteiger charge is 2.12. The number of hydrogen-bond donors (Lipinski definition) is 2. The van der Waals surface area contributed by atoms with Crippen LogP contribution in [-0.2, 0) is 17.9 Å². The Hall–Kier alpha value is -2.73. The number of halogens is 1. The van der Waals surface area contributed by atoms with Gasteiger partial charge in [-0.05, 0) is 36.4 Å². The summed E-state index contributed by atoms with van der Waals surface area (Å²) < 4.78 is 14.5. The number of para-hydroxylation sites is 2. The highest BCUT2D eigenvalue weighted by molar-refractivity contribution is 5.91. The molecule has 0 saturated carbocycles. The van der Waals surface area contributed by atoms with E-state index < -0.39 is 0 Å². The number of aromatic nitrogens is 2. The molecule has 5 nitrogen and oxygen atoms in total. The number of benzene rings is 2. The number of fused-ring (bicyclic) bond motifs is 1. The molecule has 2 aromatic carbocycles. The number of nitrogens with one attached hydrogen (secondary N) is 1. The lowest BCUT2D eigenvalue weighted by Crippen LogP contribution is -2.20. The van der Waals surface area contributed by atoms with E-state index in [0.29, 0.717) is 11.5 Å². The van der Waals surface area contributed by atoms with Crippen molar-refractivity contribution < 1.29 is 14.3 Å². The maximum atomic E-state index is 12.8. The van der Waals surface area contributed by atoms with Crippen LogP contribution in [0.5, 0.6) is 0 Å². The molecule has 0 bridgehead atoms. The zero-order valence-electron chi connectivity index (χ0n) is 11.7. The van der Waals surface area contributed by atoms with Crippen molar-refractivity contribution in [2.45, 2.75) is 13.2 Å². The van der Waals surface area contributed by atoms with Crippen LogP contribution in [0.2, 0.25) is 0 Å². The number of carbonyl (C=O) groups is 1. The number of aliphatic hydroxyl groups is 1. The third kappa shape index (κ3) is 2.82. The lowest BCUT2D eigenvalue weighted by atomic mass is 10.3. The maximum Gasteiger partial charge on any atom is 0.244 e. The Balaban J connectivity index is 1.83. The minimum atomic E-state index is -0.360. The van der Waals surface area contributed by atoms with Crippen LogP contribution in [0.25, 0.3) is 11.0 Å². The van der Waals surface area contributed by atoms with Crippen molar-refractivity contribution >= 4 is 22.6 Å². The van der Waals surface area contributed by atoms with Gasteiger partial charge in [0, 0.05) is 5.69 Å². The molecule has 2 N–H and O–H groups in total. The fraction of sp³-hybridized carbons (Fsp3) is 0.125. The summed E-state index contributed by atoms with van der Waals surface area (Å²) in [5.41, 5.74) is 2.02. The van der Waals surface area contributed by atoms with Crippen LogP contribution in [-0.4, -0.2) is 20.6 Å². The van der Waals surface area contributed by atoms with E-state index >= 15 is 0 Å². The Morgan fingerprint density at radius 2 is 1.91 bits per heavy atom. The Morgan fingerprint density at radius 3 is 2.64 bits per heavy atom. The first-order valence-electron chi connectivity index (χ1n) is 6.78. The monoisotopic (exact) mass is 299 g/mol. The Morgan fingerprint density at radius 1 is 1.18 bits per heavy atom. The van der Waals surface area contributed by atoms with Crippen molar-refractivity contribution in [2.75, 3.05) is 5.32 Å². The molecule has 1 amide bonds. The Labute approximate surface area is 126 Å². The molecule has 0 aliphatic heterocycles. The van der Waals surface area contributed by atoms with Gasteiger partial charge < -0.3 is 15.0 Å². The molecule has 0 spiro atoms. The predicted molar refractivity (Wildman–Crippen MR) is 80.7 cm³/mol. The van der Waals surface area contributed by atoms with Gasteiger partial charge in [0.25, 0.3) is 0 Å². The SMILES string of the molecule is O=C(Cn1c(CO)nc2ccccc21)Nc1ccc(F)cc1. The van der Waals surface area contributed by atoms with Crippen LogP contribution in [0.15, 0.2) is 48.5 Å². The van der Waals surface area contributed by atoms with E-state index in [-0.39, 0.29) is 24.9 Å². The van der Waals surface area contributed by atoms with E-state index in [1.807, 2.05) is 24.3 Å². The van der Waals surface area contributed by atoms with E-state index in [9.17, 15) is 14.3 Å². The van der Waals surface area contributed by atoms with Crippen molar-refractivity contribution in [1.82, 2.24) is 9.55 Å². The maximum absolute atomic E-state index is 12.8. The smallest absolute Gasteiger partial charge is 0.244 e. The van der Waals surface area contributed by atoms with Gasteiger partial charge in [-0.3, -0.25) is 4.79 Å². The molecule has 1 heterocycles. The number of imidazole rings is 1. The summed E-state index contributed by atoms with van der Waals surface area (Å²) in [6.45, 7) is -0.230. The molecule has 0 aliphatic carbocycles. The fourth-order valence-corrected chi connectivity index (χ4v) is 2.30. The third-order valence-corrected chi connectivity index (χ3v) is 3.30. The summed E-state index contributed by atoms with van der Waals surface area (Å²) in [5, 5.41) is 12.1. The normalized spacial score (nSPS) is 10.8. The van der Waals surface area contributed by atoms with Crippen LogP contribution in [0, 0.1) is 5.82 Å². The molecule has 6 heteroatoms. The molecule has 3 aromatic rings. The number of nitrogens with zero attached hydrogens (tertiary/aromatic N) is 2. The molecule has 0 atom stereocenters. The summed E-state index contributed by atoms with van der Waals surface area (Å²) in [6.07, 6.45) is 0. The second-order valence-corrected chi connectivity index (χ2v) is 4.82. The van der Waals surface area contributed by atoms with Crippen molar-refractivity contribution in [1.29, 1.82) is 0 Å². The lowest BCUT2D eigenvalue weighted by molar-refractivity contribution is -0.116. The van der Waals surface area contributed by atoms with E-state index in [0.717, 1.165) is 11.0 Å². The summed E-state index contributed by atoms with van der Waals surface area (Å²) >= 11 is 0. The van der Waals surface area contributed by atoms with E-state index in [1.165, 1.54) is 24.3 Å². The zero-order valence-corrected chi connectivity index (χ0v) is 11.7. The van der Waals surface area contributed by atoms with Crippen LogP contribution in [0.4, 0.5) is 10.1 Å². The highest BCUT2D eigenvalue weighted by Crippen LogP contribution is 2.16. The molecule has 3 rings (SSSR count). The topological polar surface area (TPSA) is 67.2 Å². The van der Waals surface area contributed by atoms with Gasteiger partial charge in [0.2, 0.25) is 5.91 Å². The average Bonchev–Trinajstić information content (AvgIpc) is 2.87.